The molecule has 0 heterocycles. The molecule has 0 aliphatic heterocycles. The number of hydrogen-bond donors (Lipinski definition) is 1. The smallest absolute Gasteiger partial charge is 0.331 e. The standard InChI is InChI=1S/C15H20O3/c1-8(15(17)18)2-13(16)14-11-4-9-3-10(6-11)7-12(14)5-9/h2,9-12,14H,3-7H2,1H3,(H,17,18)/b8-2+. The van der Waals surface area contributed by atoms with Crippen molar-refractivity contribution in [3.05, 3.63) is 11.6 Å². The van der Waals surface area contributed by atoms with E-state index in [0.717, 1.165) is 11.8 Å². The number of hydrogen-bond acceptors (Lipinski definition) is 2. The predicted octanol–water partition coefficient (Wildman–Crippen LogP) is 2.66. The van der Waals surface area contributed by atoms with Gasteiger partial charge >= 0.3 is 5.97 Å². The highest BCUT2D eigenvalue weighted by Crippen LogP contribution is 2.56. The van der Waals surface area contributed by atoms with Gasteiger partial charge in [0, 0.05) is 11.5 Å². The Labute approximate surface area is 107 Å². The lowest BCUT2D eigenvalue weighted by atomic mass is 9.51. The Morgan fingerprint density at radius 3 is 1.94 bits per heavy atom. The molecule has 1 N–H and O–H groups in total. The maximum absolute atomic E-state index is 12.3. The molecular weight excluding hydrogens is 228 g/mol. The van der Waals surface area contributed by atoms with Crippen LogP contribution in [-0.2, 0) is 9.59 Å². The topological polar surface area (TPSA) is 54.4 Å². The molecule has 0 amide bonds. The fourth-order valence-electron chi connectivity index (χ4n) is 4.76. The highest BCUT2D eigenvalue weighted by atomic mass is 16.4. The average Bonchev–Trinajstić information content (AvgIpc) is 2.26. The summed E-state index contributed by atoms with van der Waals surface area (Å²) >= 11 is 0. The number of ketones is 1. The third-order valence-corrected chi connectivity index (χ3v) is 5.25. The Hall–Kier alpha value is -1.12. The molecule has 0 aromatic heterocycles. The van der Waals surface area contributed by atoms with Gasteiger partial charge in [0.2, 0.25) is 0 Å². The SMILES string of the molecule is C/C(=C\C(=O)C1C2CC3CC(C2)CC1C3)C(=O)O. The van der Waals surface area contributed by atoms with Gasteiger partial charge in [-0.25, -0.2) is 4.79 Å². The minimum Gasteiger partial charge on any atom is -0.478 e. The van der Waals surface area contributed by atoms with Crippen LogP contribution < -0.4 is 0 Å². The summed E-state index contributed by atoms with van der Waals surface area (Å²) in [7, 11) is 0. The van der Waals surface area contributed by atoms with Crippen molar-refractivity contribution < 1.29 is 14.7 Å². The molecule has 0 aromatic rings. The van der Waals surface area contributed by atoms with Crippen LogP contribution in [0.4, 0.5) is 0 Å². The fourth-order valence-corrected chi connectivity index (χ4v) is 4.76. The number of carbonyl (C=O) groups is 2. The van der Waals surface area contributed by atoms with Gasteiger partial charge in [0.15, 0.2) is 5.78 Å². The summed E-state index contributed by atoms with van der Waals surface area (Å²) in [5.41, 5.74) is 0.175. The fraction of sp³-hybridized carbons (Fsp3) is 0.733. The van der Waals surface area contributed by atoms with E-state index in [-0.39, 0.29) is 17.3 Å². The number of aliphatic carboxylic acids is 1. The Morgan fingerprint density at radius 2 is 1.50 bits per heavy atom. The molecule has 4 rings (SSSR count). The van der Waals surface area contributed by atoms with E-state index in [2.05, 4.69) is 0 Å². The van der Waals surface area contributed by atoms with Crippen LogP contribution in [0.5, 0.6) is 0 Å². The van der Waals surface area contributed by atoms with Crippen molar-refractivity contribution in [3.63, 3.8) is 0 Å². The molecule has 3 heteroatoms. The van der Waals surface area contributed by atoms with E-state index in [1.54, 1.807) is 0 Å². The molecule has 3 nitrogen and oxygen atoms in total. The van der Waals surface area contributed by atoms with Crippen LogP contribution in [0.1, 0.15) is 39.0 Å². The van der Waals surface area contributed by atoms with E-state index in [1.165, 1.54) is 45.1 Å². The van der Waals surface area contributed by atoms with Crippen molar-refractivity contribution in [2.75, 3.05) is 0 Å². The summed E-state index contributed by atoms with van der Waals surface area (Å²) < 4.78 is 0. The van der Waals surface area contributed by atoms with Gasteiger partial charge in [0.25, 0.3) is 0 Å². The van der Waals surface area contributed by atoms with Gasteiger partial charge in [-0.3, -0.25) is 4.79 Å². The average molecular weight is 248 g/mol. The van der Waals surface area contributed by atoms with Crippen molar-refractivity contribution in [1.82, 2.24) is 0 Å². The first kappa shape index (κ1) is 11.9. The summed E-state index contributed by atoms with van der Waals surface area (Å²) in [4.78, 5) is 23.1. The van der Waals surface area contributed by atoms with Crippen molar-refractivity contribution in [1.29, 1.82) is 0 Å². The van der Waals surface area contributed by atoms with E-state index >= 15 is 0 Å². The first-order valence-corrected chi connectivity index (χ1v) is 7.00. The van der Waals surface area contributed by atoms with Gasteiger partial charge in [-0.2, -0.15) is 0 Å². The van der Waals surface area contributed by atoms with E-state index in [4.69, 9.17) is 5.11 Å². The van der Waals surface area contributed by atoms with Crippen LogP contribution in [0, 0.1) is 29.6 Å². The van der Waals surface area contributed by atoms with Gasteiger partial charge < -0.3 is 5.11 Å². The minimum absolute atomic E-state index is 0.0729. The summed E-state index contributed by atoms with van der Waals surface area (Å²) in [5, 5.41) is 8.86. The van der Waals surface area contributed by atoms with Crippen LogP contribution in [0.25, 0.3) is 0 Å². The Bertz CT molecular complexity index is 393. The molecule has 0 radical (unpaired) electrons. The van der Waals surface area contributed by atoms with Crippen molar-refractivity contribution >= 4 is 11.8 Å². The molecule has 0 atom stereocenters. The molecular formula is C15H20O3. The maximum Gasteiger partial charge on any atom is 0.331 e. The molecule has 4 aliphatic carbocycles. The zero-order valence-corrected chi connectivity index (χ0v) is 10.8. The molecule has 0 unspecified atom stereocenters. The monoisotopic (exact) mass is 248 g/mol. The third-order valence-electron chi connectivity index (χ3n) is 5.25. The summed E-state index contributed by atoms with van der Waals surface area (Å²) in [5.74, 6) is 1.98. The second-order valence-corrected chi connectivity index (χ2v) is 6.49. The minimum atomic E-state index is -0.979. The van der Waals surface area contributed by atoms with Gasteiger partial charge in [-0.05, 0) is 68.8 Å². The normalized spacial score (nSPS) is 42.1. The second-order valence-electron chi connectivity index (χ2n) is 6.49. The van der Waals surface area contributed by atoms with Crippen LogP contribution in [0.15, 0.2) is 11.6 Å². The molecule has 4 fully saturated rings. The Kier molecular flexibility index (Phi) is 2.80. The first-order chi connectivity index (χ1) is 8.54. The lowest BCUT2D eigenvalue weighted by molar-refractivity contribution is -0.134. The van der Waals surface area contributed by atoms with Crippen LogP contribution in [-0.4, -0.2) is 16.9 Å². The van der Waals surface area contributed by atoms with Crippen LogP contribution in [0.2, 0.25) is 0 Å². The van der Waals surface area contributed by atoms with Gasteiger partial charge in [-0.1, -0.05) is 0 Å². The van der Waals surface area contributed by atoms with Gasteiger partial charge in [-0.15, -0.1) is 0 Å². The molecule has 0 aromatic carbocycles. The molecule has 98 valence electrons. The highest BCUT2D eigenvalue weighted by molar-refractivity contribution is 5.99. The predicted molar refractivity (Wildman–Crippen MR) is 66.9 cm³/mol. The lowest BCUT2D eigenvalue weighted by Crippen LogP contribution is -2.47. The van der Waals surface area contributed by atoms with Crippen molar-refractivity contribution in [2.45, 2.75) is 39.0 Å². The zero-order chi connectivity index (χ0) is 12.9. The molecule has 4 saturated carbocycles. The number of rotatable bonds is 3. The summed E-state index contributed by atoms with van der Waals surface area (Å²) in [6.07, 6.45) is 7.53. The molecule has 4 aliphatic rings. The van der Waals surface area contributed by atoms with Gasteiger partial charge in [0.05, 0.1) is 0 Å². The highest BCUT2D eigenvalue weighted by Gasteiger charge is 2.50. The van der Waals surface area contributed by atoms with Crippen molar-refractivity contribution in [3.8, 4) is 0 Å². The molecule has 4 bridgehead atoms. The summed E-state index contributed by atoms with van der Waals surface area (Å²) in [6, 6.07) is 0. The quantitative estimate of drug-likeness (QED) is 0.781. The number of carbonyl (C=O) groups excluding carboxylic acids is 1. The molecule has 18 heavy (non-hydrogen) atoms. The largest absolute Gasteiger partial charge is 0.478 e. The first-order valence-electron chi connectivity index (χ1n) is 7.00. The van der Waals surface area contributed by atoms with E-state index in [9.17, 15) is 9.59 Å². The lowest BCUT2D eigenvalue weighted by Gasteiger charge is -2.53. The molecule has 0 saturated heterocycles. The molecule has 0 spiro atoms. The number of carboxylic acids is 1. The summed E-state index contributed by atoms with van der Waals surface area (Å²) in [6.45, 7) is 1.51. The number of allylic oxidation sites excluding steroid dienone is 1. The van der Waals surface area contributed by atoms with E-state index < -0.39 is 5.97 Å². The number of carboxylic acid groups (broad SMARTS) is 1. The van der Waals surface area contributed by atoms with Gasteiger partial charge in [0.1, 0.15) is 0 Å². The third kappa shape index (κ3) is 1.90. The maximum atomic E-state index is 12.3. The van der Waals surface area contributed by atoms with E-state index in [1.807, 2.05) is 0 Å². The van der Waals surface area contributed by atoms with E-state index in [0.29, 0.717) is 11.8 Å². The second kappa shape index (κ2) is 4.22. The Morgan fingerprint density at radius 1 is 1.00 bits per heavy atom. The van der Waals surface area contributed by atoms with Crippen molar-refractivity contribution in [2.24, 2.45) is 29.6 Å². The zero-order valence-electron chi connectivity index (χ0n) is 10.8. The van der Waals surface area contributed by atoms with Crippen LogP contribution in [0.3, 0.4) is 0 Å². The van der Waals surface area contributed by atoms with Crippen LogP contribution >= 0.6 is 0 Å². The Balaban J connectivity index is 1.79.